The van der Waals surface area contributed by atoms with Crippen LogP contribution < -0.4 is 5.73 Å². The van der Waals surface area contributed by atoms with Crippen molar-refractivity contribution in [1.82, 2.24) is 19.2 Å². The maximum atomic E-state index is 12.4. The molecule has 1 aliphatic heterocycles. The summed E-state index contributed by atoms with van der Waals surface area (Å²) < 4.78 is 9.43. The Morgan fingerprint density at radius 2 is 1.81 bits per heavy atom. The van der Waals surface area contributed by atoms with E-state index >= 15 is 0 Å². The fraction of sp³-hybridized carbons (Fsp3) is 0.276. The molecule has 2 amide bonds. The van der Waals surface area contributed by atoms with Gasteiger partial charge in [-0.25, -0.2) is 9.48 Å². The molecule has 3 heterocycles. The van der Waals surface area contributed by atoms with Gasteiger partial charge in [-0.05, 0) is 74.7 Å². The average molecular weight is 498 g/mol. The number of rotatable bonds is 5. The zero-order valence-electron chi connectivity index (χ0n) is 21.6. The Bertz CT molecular complexity index is 1520. The topological polar surface area (TPSA) is 95.4 Å². The van der Waals surface area contributed by atoms with Crippen LogP contribution in [-0.4, -0.2) is 49.9 Å². The van der Waals surface area contributed by atoms with Gasteiger partial charge >= 0.3 is 6.09 Å². The minimum absolute atomic E-state index is 0.254. The molecule has 4 aromatic rings. The first-order valence-corrected chi connectivity index (χ1v) is 12.3. The predicted molar refractivity (Wildman–Crippen MR) is 144 cm³/mol. The molecule has 0 saturated heterocycles. The maximum absolute atomic E-state index is 12.4. The van der Waals surface area contributed by atoms with Crippen LogP contribution in [0.4, 0.5) is 4.79 Å². The van der Waals surface area contributed by atoms with Crippen molar-refractivity contribution in [1.29, 1.82) is 0 Å². The highest BCUT2D eigenvalue weighted by molar-refractivity contribution is 5.91. The van der Waals surface area contributed by atoms with E-state index in [1.165, 1.54) is 5.56 Å². The molecular weight excluding hydrogens is 466 g/mol. The summed E-state index contributed by atoms with van der Waals surface area (Å²) >= 11 is 0. The SMILES string of the molecule is Cc1cc(C(N)=O)nn1-c1ccc2c(ccn2Cc2ccc(C3=CCN(C(=O)OC(C)(C)C)C3)cc2)c1. The van der Waals surface area contributed by atoms with E-state index in [0.29, 0.717) is 13.1 Å². The number of hydrogen-bond donors (Lipinski definition) is 1. The highest BCUT2D eigenvalue weighted by Gasteiger charge is 2.25. The average Bonchev–Trinajstić information content (AvgIpc) is 3.57. The molecule has 0 bridgehead atoms. The molecule has 0 radical (unpaired) electrons. The zero-order valence-corrected chi connectivity index (χ0v) is 21.6. The number of nitrogens with zero attached hydrogens (tertiary/aromatic N) is 4. The molecular formula is C29H31N5O3. The molecule has 0 unspecified atom stereocenters. The Kier molecular flexibility index (Phi) is 6.11. The third-order valence-corrected chi connectivity index (χ3v) is 6.39. The van der Waals surface area contributed by atoms with Crippen LogP contribution in [0.15, 0.2) is 66.9 Å². The first-order chi connectivity index (χ1) is 17.6. The van der Waals surface area contributed by atoms with E-state index in [1.807, 2.05) is 33.8 Å². The number of nitrogens with two attached hydrogens (primary N) is 1. The number of hydrogen-bond acceptors (Lipinski definition) is 4. The van der Waals surface area contributed by atoms with Crippen molar-refractivity contribution >= 4 is 28.5 Å². The van der Waals surface area contributed by atoms with Crippen LogP contribution in [0.2, 0.25) is 0 Å². The lowest BCUT2D eigenvalue weighted by Gasteiger charge is -2.24. The van der Waals surface area contributed by atoms with Crippen molar-refractivity contribution in [2.75, 3.05) is 13.1 Å². The quantitative estimate of drug-likeness (QED) is 0.424. The number of carbonyl (C=O) groups excluding carboxylic acids is 2. The molecule has 190 valence electrons. The van der Waals surface area contributed by atoms with Gasteiger partial charge < -0.3 is 19.9 Å². The standard InChI is InChI=1S/C29H31N5O3/c1-19-15-25(27(30)35)31-34(19)24-9-10-26-22(16-24)11-13-32(26)17-20-5-7-21(8-6-20)23-12-14-33(18-23)28(36)37-29(2,3)4/h5-13,15-16H,14,17-18H2,1-4H3,(H2,30,35). The number of carbonyl (C=O) groups is 2. The largest absolute Gasteiger partial charge is 0.444 e. The van der Waals surface area contributed by atoms with Gasteiger partial charge in [0.25, 0.3) is 5.91 Å². The number of fused-ring (bicyclic) bond motifs is 1. The number of aromatic nitrogens is 3. The second-order valence-electron chi connectivity index (χ2n) is 10.4. The highest BCUT2D eigenvalue weighted by atomic mass is 16.6. The fourth-order valence-corrected chi connectivity index (χ4v) is 4.56. The lowest BCUT2D eigenvalue weighted by molar-refractivity contribution is 0.0306. The lowest BCUT2D eigenvalue weighted by atomic mass is 10.0. The minimum Gasteiger partial charge on any atom is -0.444 e. The summed E-state index contributed by atoms with van der Waals surface area (Å²) in [5.41, 5.74) is 11.4. The molecule has 2 aromatic heterocycles. The summed E-state index contributed by atoms with van der Waals surface area (Å²) in [4.78, 5) is 25.6. The monoisotopic (exact) mass is 497 g/mol. The van der Waals surface area contributed by atoms with Crippen molar-refractivity contribution in [3.63, 3.8) is 0 Å². The number of ether oxygens (including phenoxy) is 1. The summed E-state index contributed by atoms with van der Waals surface area (Å²) in [6.45, 7) is 9.38. The van der Waals surface area contributed by atoms with Crippen LogP contribution in [0, 0.1) is 6.92 Å². The number of amides is 2. The molecule has 37 heavy (non-hydrogen) atoms. The molecule has 2 N–H and O–H groups in total. The van der Waals surface area contributed by atoms with E-state index < -0.39 is 11.5 Å². The Morgan fingerprint density at radius 3 is 2.49 bits per heavy atom. The molecule has 0 saturated carbocycles. The Labute approximate surface area is 215 Å². The van der Waals surface area contributed by atoms with Crippen molar-refractivity contribution in [3.8, 4) is 5.69 Å². The van der Waals surface area contributed by atoms with E-state index in [4.69, 9.17) is 10.5 Å². The third kappa shape index (κ3) is 5.14. The van der Waals surface area contributed by atoms with Crippen LogP contribution >= 0.6 is 0 Å². The van der Waals surface area contributed by atoms with Gasteiger partial charge in [-0.1, -0.05) is 30.3 Å². The van der Waals surface area contributed by atoms with E-state index in [2.05, 4.69) is 64.4 Å². The van der Waals surface area contributed by atoms with E-state index in [9.17, 15) is 9.59 Å². The molecule has 0 atom stereocenters. The van der Waals surface area contributed by atoms with Gasteiger partial charge in [-0.3, -0.25) is 4.79 Å². The number of primary amides is 1. The maximum Gasteiger partial charge on any atom is 0.410 e. The van der Waals surface area contributed by atoms with Gasteiger partial charge in [0.05, 0.1) is 5.69 Å². The smallest absolute Gasteiger partial charge is 0.410 e. The van der Waals surface area contributed by atoms with Crippen molar-refractivity contribution in [3.05, 3.63) is 89.4 Å². The van der Waals surface area contributed by atoms with E-state index in [-0.39, 0.29) is 11.8 Å². The van der Waals surface area contributed by atoms with Crippen LogP contribution in [0.25, 0.3) is 22.2 Å². The Balaban J connectivity index is 1.28. The van der Waals surface area contributed by atoms with Gasteiger partial charge in [0.2, 0.25) is 0 Å². The van der Waals surface area contributed by atoms with Crippen LogP contribution in [0.3, 0.4) is 0 Å². The zero-order chi connectivity index (χ0) is 26.3. The Hall–Kier alpha value is -4.33. The van der Waals surface area contributed by atoms with Gasteiger partial charge in [0.1, 0.15) is 5.60 Å². The van der Waals surface area contributed by atoms with Gasteiger partial charge in [0.15, 0.2) is 5.69 Å². The van der Waals surface area contributed by atoms with Gasteiger partial charge in [-0.2, -0.15) is 5.10 Å². The molecule has 0 spiro atoms. The number of benzene rings is 2. The molecule has 1 aliphatic rings. The molecule has 8 nitrogen and oxygen atoms in total. The first kappa shape index (κ1) is 24.4. The molecule has 2 aromatic carbocycles. The van der Waals surface area contributed by atoms with Crippen LogP contribution in [0.1, 0.15) is 48.1 Å². The normalized spacial score (nSPS) is 13.7. The summed E-state index contributed by atoms with van der Waals surface area (Å²) in [6, 6.07) is 18.4. The summed E-state index contributed by atoms with van der Waals surface area (Å²) in [6.07, 6.45) is 3.88. The minimum atomic E-state index is -0.537. The second kappa shape index (κ2) is 9.28. The first-order valence-electron chi connectivity index (χ1n) is 12.3. The molecule has 5 rings (SSSR count). The van der Waals surface area contributed by atoms with Gasteiger partial charge in [0, 0.05) is 42.4 Å². The van der Waals surface area contributed by atoms with E-state index in [0.717, 1.165) is 40.0 Å². The van der Waals surface area contributed by atoms with Crippen molar-refractivity contribution < 1.29 is 14.3 Å². The Morgan fingerprint density at radius 1 is 1.05 bits per heavy atom. The van der Waals surface area contributed by atoms with Crippen molar-refractivity contribution in [2.45, 2.75) is 39.8 Å². The van der Waals surface area contributed by atoms with Crippen molar-refractivity contribution in [2.24, 2.45) is 5.73 Å². The summed E-state index contributed by atoms with van der Waals surface area (Å²) in [5, 5.41) is 5.42. The number of aryl methyl sites for hydroxylation is 1. The van der Waals surface area contributed by atoms with Gasteiger partial charge in [-0.15, -0.1) is 0 Å². The fourth-order valence-electron chi connectivity index (χ4n) is 4.56. The third-order valence-electron chi connectivity index (χ3n) is 6.39. The molecule has 0 fully saturated rings. The summed E-state index contributed by atoms with van der Waals surface area (Å²) in [7, 11) is 0. The lowest BCUT2D eigenvalue weighted by Crippen LogP contribution is -2.35. The molecule has 8 heteroatoms. The van der Waals surface area contributed by atoms with E-state index in [1.54, 1.807) is 15.6 Å². The summed E-state index contributed by atoms with van der Waals surface area (Å²) in [5.74, 6) is -0.537. The van der Waals surface area contributed by atoms with Crippen LogP contribution in [0.5, 0.6) is 0 Å². The highest BCUT2D eigenvalue weighted by Crippen LogP contribution is 2.25. The second-order valence-corrected chi connectivity index (χ2v) is 10.4. The van der Waals surface area contributed by atoms with Crippen LogP contribution in [-0.2, 0) is 11.3 Å². The molecule has 0 aliphatic carbocycles. The predicted octanol–water partition coefficient (Wildman–Crippen LogP) is 4.92.